The van der Waals surface area contributed by atoms with Crippen molar-refractivity contribution in [3.63, 3.8) is 0 Å². The van der Waals surface area contributed by atoms with E-state index in [9.17, 15) is 4.39 Å². The van der Waals surface area contributed by atoms with E-state index in [2.05, 4.69) is 5.32 Å². The number of halogens is 1. The first-order valence-corrected chi connectivity index (χ1v) is 7.18. The molecule has 0 atom stereocenters. The van der Waals surface area contributed by atoms with Crippen molar-refractivity contribution in [1.29, 1.82) is 0 Å². The van der Waals surface area contributed by atoms with Crippen LogP contribution in [0.25, 0.3) is 0 Å². The highest BCUT2D eigenvalue weighted by Crippen LogP contribution is 2.31. The fourth-order valence-electron chi connectivity index (χ4n) is 2.59. The standard InChI is InChI=1S/C14H17FN2O2S/c15-11-3-1-2-4-12(11)16-13(20)17-7-5-14(6-8-17)18-9-10-19-14/h1-4H,5-10H2,(H,16,20). The van der Waals surface area contributed by atoms with Crippen LogP contribution in [0.4, 0.5) is 10.1 Å². The predicted molar refractivity (Wildman–Crippen MR) is 78.1 cm³/mol. The Kier molecular flexibility index (Phi) is 3.87. The maximum absolute atomic E-state index is 13.6. The van der Waals surface area contributed by atoms with Crippen LogP contribution in [0.2, 0.25) is 0 Å². The van der Waals surface area contributed by atoms with E-state index in [1.807, 2.05) is 4.90 Å². The van der Waals surface area contributed by atoms with Gasteiger partial charge >= 0.3 is 0 Å². The van der Waals surface area contributed by atoms with Crippen molar-refractivity contribution in [2.75, 3.05) is 31.6 Å². The second-order valence-corrected chi connectivity index (χ2v) is 5.39. The van der Waals surface area contributed by atoms with Crippen LogP contribution >= 0.6 is 12.2 Å². The molecule has 1 aromatic rings. The zero-order valence-electron chi connectivity index (χ0n) is 11.1. The summed E-state index contributed by atoms with van der Waals surface area (Å²) >= 11 is 5.35. The molecule has 0 amide bonds. The number of nitrogens with zero attached hydrogens (tertiary/aromatic N) is 1. The molecule has 108 valence electrons. The van der Waals surface area contributed by atoms with Crippen LogP contribution in [-0.2, 0) is 9.47 Å². The van der Waals surface area contributed by atoms with Crippen molar-refractivity contribution in [1.82, 2.24) is 4.90 Å². The Morgan fingerprint density at radius 1 is 1.20 bits per heavy atom. The minimum absolute atomic E-state index is 0.300. The van der Waals surface area contributed by atoms with Gasteiger partial charge in [-0.15, -0.1) is 0 Å². The highest BCUT2D eigenvalue weighted by Gasteiger charge is 2.40. The first-order valence-electron chi connectivity index (χ1n) is 6.77. The molecule has 2 fully saturated rings. The van der Waals surface area contributed by atoms with E-state index in [1.54, 1.807) is 18.2 Å². The van der Waals surface area contributed by atoms with E-state index >= 15 is 0 Å². The third kappa shape index (κ3) is 2.77. The summed E-state index contributed by atoms with van der Waals surface area (Å²) in [5, 5.41) is 3.50. The number of benzene rings is 1. The molecule has 0 saturated carbocycles. The van der Waals surface area contributed by atoms with Crippen molar-refractivity contribution in [2.45, 2.75) is 18.6 Å². The van der Waals surface area contributed by atoms with Gasteiger partial charge in [0.25, 0.3) is 0 Å². The quantitative estimate of drug-likeness (QED) is 0.805. The number of anilines is 1. The Morgan fingerprint density at radius 3 is 2.50 bits per heavy atom. The molecule has 2 saturated heterocycles. The number of nitrogens with one attached hydrogen (secondary N) is 1. The van der Waals surface area contributed by atoms with E-state index in [0.29, 0.717) is 24.0 Å². The normalized spacial score (nSPS) is 21.1. The van der Waals surface area contributed by atoms with Crippen LogP contribution in [0, 0.1) is 5.82 Å². The van der Waals surface area contributed by atoms with Gasteiger partial charge in [-0.1, -0.05) is 12.1 Å². The molecule has 0 radical (unpaired) electrons. The molecule has 0 bridgehead atoms. The number of thiocarbonyl (C=S) groups is 1. The Balaban J connectivity index is 1.58. The Hall–Kier alpha value is -1.24. The number of para-hydroxylation sites is 1. The molecule has 0 aromatic heterocycles. The molecule has 1 spiro atoms. The average Bonchev–Trinajstić information content (AvgIpc) is 2.90. The zero-order valence-corrected chi connectivity index (χ0v) is 11.9. The summed E-state index contributed by atoms with van der Waals surface area (Å²) in [6.07, 6.45) is 1.57. The number of likely N-dealkylation sites (tertiary alicyclic amines) is 1. The minimum Gasteiger partial charge on any atom is -0.349 e. The van der Waals surface area contributed by atoms with E-state index < -0.39 is 5.79 Å². The molecule has 0 aliphatic carbocycles. The lowest BCUT2D eigenvalue weighted by Crippen LogP contribution is -2.48. The summed E-state index contributed by atoms with van der Waals surface area (Å²) in [4.78, 5) is 2.03. The second-order valence-electron chi connectivity index (χ2n) is 5.00. The largest absolute Gasteiger partial charge is 0.349 e. The van der Waals surface area contributed by atoms with Gasteiger partial charge in [0.15, 0.2) is 10.9 Å². The molecule has 20 heavy (non-hydrogen) atoms. The zero-order chi connectivity index (χ0) is 14.0. The predicted octanol–water partition coefficient (Wildman–Crippen LogP) is 2.36. The lowest BCUT2D eigenvalue weighted by molar-refractivity contribution is -0.180. The topological polar surface area (TPSA) is 33.7 Å². The van der Waals surface area contributed by atoms with E-state index in [-0.39, 0.29) is 5.82 Å². The molecular formula is C14H17FN2O2S. The number of hydrogen-bond acceptors (Lipinski definition) is 3. The number of piperidine rings is 1. The number of rotatable bonds is 1. The monoisotopic (exact) mass is 296 g/mol. The Morgan fingerprint density at radius 2 is 1.85 bits per heavy atom. The molecule has 6 heteroatoms. The van der Waals surface area contributed by atoms with Gasteiger partial charge in [-0.25, -0.2) is 4.39 Å². The molecule has 3 rings (SSSR count). The number of ether oxygens (including phenoxy) is 2. The van der Waals surface area contributed by atoms with Gasteiger partial charge < -0.3 is 19.7 Å². The summed E-state index contributed by atoms with van der Waals surface area (Å²) < 4.78 is 24.9. The lowest BCUT2D eigenvalue weighted by atomic mass is 10.0. The van der Waals surface area contributed by atoms with E-state index in [1.165, 1.54) is 6.07 Å². The Labute approximate surface area is 122 Å². The van der Waals surface area contributed by atoms with Crippen molar-refractivity contribution < 1.29 is 13.9 Å². The van der Waals surface area contributed by atoms with Crippen molar-refractivity contribution >= 4 is 23.0 Å². The molecule has 2 heterocycles. The van der Waals surface area contributed by atoms with Crippen LogP contribution < -0.4 is 5.32 Å². The van der Waals surface area contributed by atoms with Gasteiger partial charge in [0.1, 0.15) is 5.82 Å². The summed E-state index contributed by atoms with van der Waals surface area (Å²) in [6, 6.07) is 6.52. The summed E-state index contributed by atoms with van der Waals surface area (Å²) in [6.45, 7) is 2.83. The second kappa shape index (κ2) is 5.63. The third-order valence-electron chi connectivity index (χ3n) is 3.74. The van der Waals surface area contributed by atoms with Gasteiger partial charge in [0.2, 0.25) is 0 Å². The summed E-state index contributed by atoms with van der Waals surface area (Å²) in [5.41, 5.74) is 0.408. The SMILES string of the molecule is Fc1ccccc1NC(=S)N1CCC2(CC1)OCCO2. The summed E-state index contributed by atoms with van der Waals surface area (Å²) in [5.74, 6) is -0.713. The van der Waals surface area contributed by atoms with E-state index in [0.717, 1.165) is 25.9 Å². The van der Waals surface area contributed by atoms with Gasteiger partial charge in [0, 0.05) is 25.9 Å². The van der Waals surface area contributed by atoms with Gasteiger partial charge in [0.05, 0.1) is 18.9 Å². The maximum atomic E-state index is 13.6. The average molecular weight is 296 g/mol. The summed E-state index contributed by atoms with van der Waals surface area (Å²) in [7, 11) is 0. The van der Waals surface area contributed by atoms with Crippen LogP contribution in [0.3, 0.4) is 0 Å². The molecule has 4 nitrogen and oxygen atoms in total. The van der Waals surface area contributed by atoms with E-state index in [4.69, 9.17) is 21.7 Å². The van der Waals surface area contributed by atoms with Gasteiger partial charge in [-0.2, -0.15) is 0 Å². The molecule has 1 aromatic carbocycles. The highest BCUT2D eigenvalue weighted by atomic mass is 32.1. The molecule has 1 N–H and O–H groups in total. The minimum atomic E-state index is -0.413. The molecular weight excluding hydrogens is 279 g/mol. The molecule has 2 aliphatic heterocycles. The van der Waals surface area contributed by atoms with Crippen molar-refractivity contribution in [3.05, 3.63) is 30.1 Å². The first-order chi connectivity index (χ1) is 9.69. The Bertz CT molecular complexity index is 496. The van der Waals surface area contributed by atoms with Crippen LogP contribution in [0.5, 0.6) is 0 Å². The fraction of sp³-hybridized carbons (Fsp3) is 0.500. The first kappa shape index (κ1) is 13.7. The highest BCUT2D eigenvalue weighted by molar-refractivity contribution is 7.80. The van der Waals surface area contributed by atoms with Crippen molar-refractivity contribution in [3.8, 4) is 0 Å². The molecule has 0 unspecified atom stereocenters. The smallest absolute Gasteiger partial charge is 0.173 e. The third-order valence-corrected chi connectivity index (χ3v) is 4.10. The van der Waals surface area contributed by atoms with Gasteiger partial charge in [-0.05, 0) is 24.4 Å². The number of hydrogen-bond donors (Lipinski definition) is 1. The van der Waals surface area contributed by atoms with Crippen LogP contribution in [0.15, 0.2) is 24.3 Å². The fourth-order valence-corrected chi connectivity index (χ4v) is 2.89. The van der Waals surface area contributed by atoms with Gasteiger partial charge in [-0.3, -0.25) is 0 Å². The lowest BCUT2D eigenvalue weighted by Gasteiger charge is -2.38. The van der Waals surface area contributed by atoms with Crippen LogP contribution in [0.1, 0.15) is 12.8 Å². The molecule has 2 aliphatic rings. The van der Waals surface area contributed by atoms with Crippen molar-refractivity contribution in [2.24, 2.45) is 0 Å². The van der Waals surface area contributed by atoms with Crippen LogP contribution in [-0.4, -0.2) is 42.1 Å². The maximum Gasteiger partial charge on any atom is 0.173 e.